The zero-order valence-electron chi connectivity index (χ0n) is 15.6. The summed E-state index contributed by atoms with van der Waals surface area (Å²) in [4.78, 5) is 4.45. The molecular weight excluding hydrogens is 309 g/mol. The van der Waals surface area contributed by atoms with Gasteiger partial charge in [0.15, 0.2) is 0 Å². The Balaban J connectivity index is 1.75. The van der Waals surface area contributed by atoms with E-state index in [2.05, 4.69) is 31.1 Å². The van der Waals surface area contributed by atoms with E-state index >= 15 is 0 Å². The first-order valence-corrected chi connectivity index (χ1v) is 9.53. The number of fused-ring (bicyclic) bond motifs is 1. The third kappa shape index (κ3) is 3.94. The minimum Gasteiger partial charge on any atom is -0.257 e. The van der Waals surface area contributed by atoms with Crippen molar-refractivity contribution in [2.24, 2.45) is 11.8 Å². The van der Waals surface area contributed by atoms with E-state index in [4.69, 9.17) is 0 Å². The predicted molar refractivity (Wildman–Crippen MR) is 104 cm³/mol. The Kier molecular flexibility index (Phi) is 5.27. The largest absolute Gasteiger partial charge is 0.257 e. The van der Waals surface area contributed by atoms with Crippen molar-refractivity contribution in [2.75, 3.05) is 0 Å². The van der Waals surface area contributed by atoms with Gasteiger partial charge in [0.1, 0.15) is 5.67 Å². The monoisotopic (exact) mass is 339 g/mol. The van der Waals surface area contributed by atoms with Crippen LogP contribution in [0.4, 0.5) is 4.39 Å². The van der Waals surface area contributed by atoms with E-state index in [-0.39, 0.29) is 0 Å². The van der Waals surface area contributed by atoms with Gasteiger partial charge < -0.3 is 0 Å². The second kappa shape index (κ2) is 7.27. The van der Waals surface area contributed by atoms with Gasteiger partial charge in [-0.3, -0.25) is 4.98 Å². The van der Waals surface area contributed by atoms with Crippen molar-refractivity contribution >= 4 is 6.08 Å². The van der Waals surface area contributed by atoms with Gasteiger partial charge in [0.25, 0.3) is 0 Å². The Bertz CT molecular complexity index is 677. The number of nitrogens with zero attached hydrogens (tertiary/aromatic N) is 1. The average molecular weight is 339 g/mol. The summed E-state index contributed by atoms with van der Waals surface area (Å²) in [6, 6.07) is 2.12. The second-order valence-corrected chi connectivity index (χ2v) is 8.14. The van der Waals surface area contributed by atoms with E-state index < -0.39 is 5.67 Å². The van der Waals surface area contributed by atoms with Crippen LogP contribution < -0.4 is 0 Å². The van der Waals surface area contributed by atoms with Crippen LogP contribution in [-0.4, -0.2) is 10.7 Å². The molecule has 2 atom stereocenters. The average Bonchev–Trinajstić information content (AvgIpc) is 2.58. The Morgan fingerprint density at radius 3 is 2.76 bits per heavy atom. The summed E-state index contributed by atoms with van der Waals surface area (Å²) in [5, 5.41) is 0. The number of rotatable bonds is 5. The molecule has 0 bridgehead atoms. The Labute approximate surface area is 151 Å². The van der Waals surface area contributed by atoms with Crippen LogP contribution in [-0.2, 0) is 6.42 Å². The molecule has 0 spiro atoms. The van der Waals surface area contributed by atoms with Gasteiger partial charge in [0.2, 0.25) is 0 Å². The molecule has 1 nitrogen and oxygen atoms in total. The summed E-state index contributed by atoms with van der Waals surface area (Å²) in [6.45, 7) is 11.9. The lowest BCUT2D eigenvalue weighted by atomic mass is 9.70. The maximum absolute atomic E-state index is 14.5. The molecule has 1 aromatic heterocycles. The highest BCUT2D eigenvalue weighted by Gasteiger charge is 2.32. The number of hydrogen-bond acceptors (Lipinski definition) is 1. The topological polar surface area (TPSA) is 12.9 Å². The zero-order chi connectivity index (χ0) is 18.0. The fourth-order valence-electron chi connectivity index (χ4n) is 4.71. The maximum Gasteiger partial charge on any atom is 0.130 e. The van der Waals surface area contributed by atoms with Crippen LogP contribution in [0.1, 0.15) is 68.7 Å². The Hall–Kier alpha value is -1.70. The summed E-state index contributed by atoms with van der Waals surface area (Å²) in [6.07, 6.45) is 13.7. The van der Waals surface area contributed by atoms with Gasteiger partial charge in [0, 0.05) is 12.6 Å². The summed E-state index contributed by atoms with van der Waals surface area (Å²) >= 11 is 0. The molecule has 2 aliphatic rings. The molecule has 2 aliphatic carbocycles. The quantitative estimate of drug-likeness (QED) is 0.564. The van der Waals surface area contributed by atoms with Crippen LogP contribution >= 0.6 is 0 Å². The van der Waals surface area contributed by atoms with E-state index in [9.17, 15) is 4.39 Å². The predicted octanol–water partition coefficient (Wildman–Crippen LogP) is 6.42. The molecule has 0 radical (unpaired) electrons. The highest BCUT2D eigenvalue weighted by Crippen LogP contribution is 2.43. The van der Waals surface area contributed by atoms with Crippen molar-refractivity contribution in [3.05, 3.63) is 60.0 Å². The first-order chi connectivity index (χ1) is 11.9. The van der Waals surface area contributed by atoms with Gasteiger partial charge in [-0.15, -0.1) is 6.58 Å². The summed E-state index contributed by atoms with van der Waals surface area (Å²) in [5.41, 5.74) is 3.44. The molecule has 1 saturated carbocycles. The van der Waals surface area contributed by atoms with Crippen molar-refractivity contribution in [2.45, 2.75) is 64.0 Å². The lowest BCUT2D eigenvalue weighted by molar-refractivity contribution is 0.247. The first kappa shape index (κ1) is 18.1. The van der Waals surface area contributed by atoms with Gasteiger partial charge in [-0.1, -0.05) is 18.2 Å². The summed E-state index contributed by atoms with van der Waals surface area (Å²) in [5.74, 6) is 1.79. The number of hydrogen-bond donors (Lipinski definition) is 0. The van der Waals surface area contributed by atoms with Crippen LogP contribution in [0.15, 0.2) is 43.1 Å². The van der Waals surface area contributed by atoms with Gasteiger partial charge in [-0.2, -0.15) is 0 Å². The van der Waals surface area contributed by atoms with E-state index in [1.165, 1.54) is 36.8 Å². The van der Waals surface area contributed by atoms with Crippen LogP contribution in [0.2, 0.25) is 0 Å². The highest BCUT2D eigenvalue weighted by molar-refractivity contribution is 5.57. The number of aromatic nitrogens is 1. The summed E-state index contributed by atoms with van der Waals surface area (Å²) in [7, 11) is 0. The molecule has 0 saturated heterocycles. The Morgan fingerprint density at radius 1 is 1.40 bits per heavy atom. The fraction of sp³-hybridized carbons (Fsp3) is 0.522. The molecular formula is C23H30FN. The van der Waals surface area contributed by atoms with Crippen molar-refractivity contribution in [3.63, 3.8) is 0 Å². The molecule has 25 heavy (non-hydrogen) atoms. The molecule has 2 unspecified atom stereocenters. The minimum absolute atomic E-state index is 0.451. The minimum atomic E-state index is -1.25. The number of halogens is 1. The third-order valence-corrected chi connectivity index (χ3v) is 6.07. The van der Waals surface area contributed by atoms with E-state index in [1.807, 2.05) is 18.3 Å². The third-order valence-electron chi connectivity index (χ3n) is 6.07. The molecule has 3 rings (SSSR count). The molecule has 1 fully saturated rings. The van der Waals surface area contributed by atoms with Crippen molar-refractivity contribution in [3.8, 4) is 0 Å². The maximum atomic E-state index is 14.5. The van der Waals surface area contributed by atoms with Crippen LogP contribution in [0.5, 0.6) is 0 Å². The second-order valence-electron chi connectivity index (χ2n) is 8.14. The van der Waals surface area contributed by atoms with E-state index in [0.29, 0.717) is 24.2 Å². The molecule has 2 heteroatoms. The van der Waals surface area contributed by atoms with Crippen molar-refractivity contribution in [1.82, 2.24) is 4.98 Å². The van der Waals surface area contributed by atoms with Gasteiger partial charge in [-0.05, 0) is 93.1 Å². The first-order valence-electron chi connectivity index (χ1n) is 9.53. The fourth-order valence-corrected chi connectivity index (χ4v) is 4.71. The normalized spacial score (nSPS) is 29.7. The number of pyridine rings is 1. The molecule has 0 aromatic carbocycles. The van der Waals surface area contributed by atoms with Crippen molar-refractivity contribution in [1.29, 1.82) is 0 Å². The SMILES string of the molecule is C=CCC(C(=C)C)C1CCC(c2ccnc3c2CC(C)(F)C=C3)CC1. The highest BCUT2D eigenvalue weighted by atomic mass is 19.1. The number of allylic oxidation sites excluding steroid dienone is 3. The van der Waals surface area contributed by atoms with Gasteiger partial charge >= 0.3 is 0 Å². The standard InChI is InChI=1S/C23H30FN/c1-5-6-19(16(2)3)17-7-9-18(10-8-17)20-12-14-25-22-11-13-23(4,24)15-21(20)22/h5,11-14,17-19H,1-2,6-10,15H2,3-4H3. The molecule has 1 aromatic rings. The number of alkyl halides is 1. The van der Waals surface area contributed by atoms with E-state index in [1.54, 1.807) is 13.0 Å². The smallest absolute Gasteiger partial charge is 0.130 e. The summed E-state index contributed by atoms with van der Waals surface area (Å²) < 4.78 is 14.5. The molecule has 1 heterocycles. The molecule has 0 aliphatic heterocycles. The van der Waals surface area contributed by atoms with Gasteiger partial charge in [-0.25, -0.2) is 4.39 Å². The molecule has 0 amide bonds. The molecule has 0 N–H and O–H groups in total. The van der Waals surface area contributed by atoms with Crippen molar-refractivity contribution < 1.29 is 4.39 Å². The van der Waals surface area contributed by atoms with Crippen LogP contribution in [0, 0.1) is 11.8 Å². The lowest BCUT2D eigenvalue weighted by Crippen LogP contribution is -2.26. The Morgan fingerprint density at radius 2 is 2.12 bits per heavy atom. The van der Waals surface area contributed by atoms with Crippen LogP contribution in [0.3, 0.4) is 0 Å². The lowest BCUT2D eigenvalue weighted by Gasteiger charge is -2.35. The zero-order valence-corrected chi connectivity index (χ0v) is 15.6. The van der Waals surface area contributed by atoms with Crippen LogP contribution in [0.25, 0.3) is 6.08 Å². The molecule has 134 valence electrons. The van der Waals surface area contributed by atoms with E-state index in [0.717, 1.165) is 17.7 Å². The van der Waals surface area contributed by atoms with Gasteiger partial charge in [0.05, 0.1) is 5.69 Å².